The number of amides is 1. The monoisotopic (exact) mass is 285 g/mol. The second-order valence-corrected chi connectivity index (χ2v) is 5.02. The van der Waals surface area contributed by atoms with Gasteiger partial charge < -0.3 is 14.7 Å². The van der Waals surface area contributed by atoms with E-state index in [0.29, 0.717) is 25.7 Å². The summed E-state index contributed by atoms with van der Waals surface area (Å²) >= 11 is 0. The molecule has 4 nitrogen and oxygen atoms in total. The fourth-order valence-corrected chi connectivity index (χ4v) is 2.31. The van der Waals surface area contributed by atoms with E-state index in [4.69, 9.17) is 4.74 Å². The van der Waals surface area contributed by atoms with Crippen molar-refractivity contribution in [2.75, 3.05) is 7.05 Å². The molecule has 1 fully saturated rings. The Morgan fingerprint density at radius 1 is 1.25 bits per heavy atom. The van der Waals surface area contributed by atoms with Gasteiger partial charge in [0.25, 0.3) is 0 Å². The Hall–Kier alpha value is -1.69. The molecule has 1 amide bonds. The van der Waals surface area contributed by atoms with Crippen LogP contribution in [-0.2, 0) is 0 Å². The van der Waals surface area contributed by atoms with Crippen LogP contribution >= 0.6 is 0 Å². The van der Waals surface area contributed by atoms with E-state index in [1.54, 1.807) is 7.05 Å². The number of hydrogen-bond acceptors (Lipinski definition) is 3. The van der Waals surface area contributed by atoms with Crippen LogP contribution in [0.25, 0.3) is 0 Å². The Morgan fingerprint density at radius 3 is 2.50 bits per heavy atom. The predicted octanol–water partition coefficient (Wildman–Crippen LogP) is 2.70. The number of carbonyl (C=O) groups excluding carboxylic acids is 1. The van der Waals surface area contributed by atoms with Crippen LogP contribution in [0.2, 0.25) is 0 Å². The van der Waals surface area contributed by atoms with Crippen LogP contribution in [0, 0.1) is 11.6 Å². The molecule has 0 aliphatic heterocycles. The highest BCUT2D eigenvalue weighted by Crippen LogP contribution is 2.23. The molecular weight excluding hydrogens is 268 g/mol. The van der Waals surface area contributed by atoms with E-state index in [1.165, 1.54) is 11.0 Å². The number of hydrogen-bond donors (Lipinski definition) is 1. The number of rotatable bonds is 2. The lowest BCUT2D eigenvalue weighted by Gasteiger charge is -2.32. The van der Waals surface area contributed by atoms with Gasteiger partial charge in [-0.05, 0) is 37.8 Å². The highest BCUT2D eigenvalue weighted by atomic mass is 19.2. The van der Waals surface area contributed by atoms with Gasteiger partial charge >= 0.3 is 6.09 Å². The molecule has 0 saturated heterocycles. The number of nitrogens with zero attached hydrogens (tertiary/aromatic N) is 1. The van der Waals surface area contributed by atoms with Crippen LogP contribution in [-0.4, -0.2) is 35.3 Å². The van der Waals surface area contributed by atoms with Gasteiger partial charge in [0.05, 0.1) is 6.10 Å². The first-order chi connectivity index (χ1) is 9.47. The van der Waals surface area contributed by atoms with Crippen molar-refractivity contribution >= 4 is 6.09 Å². The summed E-state index contributed by atoms with van der Waals surface area (Å²) in [5, 5.41) is 9.43. The molecule has 1 N–H and O–H groups in total. The van der Waals surface area contributed by atoms with Crippen LogP contribution in [0.3, 0.4) is 0 Å². The third-order valence-electron chi connectivity index (χ3n) is 3.60. The van der Waals surface area contributed by atoms with Gasteiger partial charge in [0.15, 0.2) is 11.6 Å². The fraction of sp³-hybridized carbons (Fsp3) is 0.500. The summed E-state index contributed by atoms with van der Waals surface area (Å²) in [4.78, 5) is 13.4. The summed E-state index contributed by atoms with van der Waals surface area (Å²) in [6.45, 7) is 0. The molecule has 0 bridgehead atoms. The van der Waals surface area contributed by atoms with Gasteiger partial charge in [-0.1, -0.05) is 0 Å². The zero-order valence-electron chi connectivity index (χ0n) is 11.2. The van der Waals surface area contributed by atoms with Gasteiger partial charge in [0.2, 0.25) is 0 Å². The Morgan fingerprint density at radius 2 is 1.90 bits per heavy atom. The normalized spacial score (nSPS) is 22.4. The maximum absolute atomic E-state index is 13.0. The van der Waals surface area contributed by atoms with Crippen molar-refractivity contribution in [3.8, 4) is 5.75 Å². The standard InChI is InChI=1S/C14H17F2NO3/c1-17(9-2-4-10(18)5-3-9)14(19)20-11-6-7-12(15)13(16)8-11/h6-10,18H,2-5H2,1H3/t9-,10-. The molecule has 6 heteroatoms. The molecule has 110 valence electrons. The van der Waals surface area contributed by atoms with Crippen molar-refractivity contribution in [1.82, 2.24) is 4.90 Å². The van der Waals surface area contributed by atoms with Crippen molar-refractivity contribution in [1.29, 1.82) is 0 Å². The topological polar surface area (TPSA) is 49.8 Å². The van der Waals surface area contributed by atoms with E-state index in [9.17, 15) is 18.7 Å². The number of carbonyl (C=O) groups is 1. The van der Waals surface area contributed by atoms with Crippen LogP contribution in [0.5, 0.6) is 5.75 Å². The number of aliphatic hydroxyl groups excluding tert-OH is 1. The summed E-state index contributed by atoms with van der Waals surface area (Å²) in [5.41, 5.74) is 0. The highest BCUT2D eigenvalue weighted by Gasteiger charge is 2.26. The molecule has 20 heavy (non-hydrogen) atoms. The molecule has 1 aromatic rings. The third-order valence-corrected chi connectivity index (χ3v) is 3.60. The maximum Gasteiger partial charge on any atom is 0.415 e. The zero-order valence-corrected chi connectivity index (χ0v) is 11.2. The Bertz CT molecular complexity index is 487. The van der Waals surface area contributed by atoms with Gasteiger partial charge in [0.1, 0.15) is 5.75 Å². The van der Waals surface area contributed by atoms with Crippen LogP contribution in [0.1, 0.15) is 25.7 Å². The van der Waals surface area contributed by atoms with Crippen molar-refractivity contribution in [2.45, 2.75) is 37.8 Å². The van der Waals surface area contributed by atoms with E-state index in [1.807, 2.05) is 0 Å². The largest absolute Gasteiger partial charge is 0.415 e. The Labute approximate surface area is 116 Å². The minimum absolute atomic E-state index is 0.00352. The van der Waals surface area contributed by atoms with E-state index >= 15 is 0 Å². The number of halogens is 2. The first kappa shape index (κ1) is 14.7. The molecule has 0 aromatic heterocycles. The van der Waals surface area contributed by atoms with Crippen LogP contribution in [0.4, 0.5) is 13.6 Å². The van der Waals surface area contributed by atoms with Crippen molar-refractivity contribution < 1.29 is 23.4 Å². The molecule has 1 aliphatic carbocycles. The minimum Gasteiger partial charge on any atom is -0.410 e. The molecule has 0 unspecified atom stereocenters. The van der Waals surface area contributed by atoms with Crippen molar-refractivity contribution in [3.05, 3.63) is 29.8 Å². The Balaban J connectivity index is 1.95. The summed E-state index contributed by atoms with van der Waals surface area (Å²) in [6.07, 6.45) is 1.77. The van der Waals surface area contributed by atoms with E-state index < -0.39 is 17.7 Å². The summed E-state index contributed by atoms with van der Waals surface area (Å²) in [7, 11) is 1.60. The zero-order chi connectivity index (χ0) is 14.7. The average Bonchev–Trinajstić information content (AvgIpc) is 2.43. The lowest BCUT2D eigenvalue weighted by molar-refractivity contribution is 0.0810. The van der Waals surface area contributed by atoms with E-state index in [-0.39, 0.29) is 17.9 Å². The van der Waals surface area contributed by atoms with Gasteiger partial charge in [-0.15, -0.1) is 0 Å². The molecule has 1 saturated carbocycles. The molecule has 1 aromatic carbocycles. The smallest absolute Gasteiger partial charge is 0.410 e. The SMILES string of the molecule is CN(C(=O)Oc1ccc(F)c(F)c1)[C@H]1CC[C@H](O)CC1. The number of aliphatic hydroxyl groups is 1. The summed E-state index contributed by atoms with van der Waals surface area (Å²) in [5.74, 6) is -2.07. The van der Waals surface area contributed by atoms with Crippen LogP contribution < -0.4 is 4.74 Å². The first-order valence-corrected chi connectivity index (χ1v) is 6.55. The van der Waals surface area contributed by atoms with E-state index in [2.05, 4.69) is 0 Å². The molecule has 0 radical (unpaired) electrons. The third kappa shape index (κ3) is 3.45. The van der Waals surface area contributed by atoms with Crippen molar-refractivity contribution in [3.63, 3.8) is 0 Å². The first-order valence-electron chi connectivity index (χ1n) is 6.55. The quantitative estimate of drug-likeness (QED) is 0.909. The van der Waals surface area contributed by atoms with Gasteiger partial charge in [-0.25, -0.2) is 13.6 Å². The molecule has 1 aliphatic rings. The van der Waals surface area contributed by atoms with E-state index in [0.717, 1.165) is 12.1 Å². The minimum atomic E-state index is -1.06. The lowest BCUT2D eigenvalue weighted by atomic mass is 9.92. The fourth-order valence-electron chi connectivity index (χ4n) is 2.31. The second kappa shape index (κ2) is 6.17. The summed E-state index contributed by atoms with van der Waals surface area (Å²) < 4.78 is 30.8. The summed E-state index contributed by atoms with van der Waals surface area (Å²) in [6, 6.07) is 2.95. The Kier molecular flexibility index (Phi) is 4.54. The highest BCUT2D eigenvalue weighted by molar-refractivity contribution is 5.70. The number of benzene rings is 1. The van der Waals surface area contributed by atoms with Crippen molar-refractivity contribution in [2.24, 2.45) is 0 Å². The maximum atomic E-state index is 13.0. The molecule has 0 atom stereocenters. The average molecular weight is 285 g/mol. The number of ether oxygens (including phenoxy) is 1. The molecule has 0 spiro atoms. The predicted molar refractivity (Wildman–Crippen MR) is 68.4 cm³/mol. The van der Waals surface area contributed by atoms with Crippen LogP contribution in [0.15, 0.2) is 18.2 Å². The van der Waals surface area contributed by atoms with Gasteiger partial charge in [0, 0.05) is 19.2 Å². The molecular formula is C14H17F2NO3. The van der Waals surface area contributed by atoms with Gasteiger partial charge in [-0.3, -0.25) is 0 Å². The lowest BCUT2D eigenvalue weighted by Crippen LogP contribution is -2.41. The molecule has 2 rings (SSSR count). The second-order valence-electron chi connectivity index (χ2n) is 5.02. The van der Waals surface area contributed by atoms with Gasteiger partial charge in [-0.2, -0.15) is 0 Å². The molecule has 0 heterocycles.